The Morgan fingerprint density at radius 2 is 2.00 bits per heavy atom. The summed E-state index contributed by atoms with van der Waals surface area (Å²) in [5, 5.41) is 2.52. The van der Waals surface area contributed by atoms with Crippen molar-refractivity contribution >= 4 is 28.5 Å². The van der Waals surface area contributed by atoms with Crippen molar-refractivity contribution in [2.24, 2.45) is 0 Å². The first-order valence-electron chi connectivity index (χ1n) is 6.84. The van der Waals surface area contributed by atoms with Crippen LogP contribution in [0.3, 0.4) is 0 Å². The van der Waals surface area contributed by atoms with Gasteiger partial charge in [-0.15, -0.1) is 11.3 Å². The minimum atomic E-state index is -0.464. The highest BCUT2D eigenvalue weighted by atomic mass is 32.1. The second-order valence-electron chi connectivity index (χ2n) is 4.88. The SMILES string of the molecule is CN(c1cncnc1)c1cc(F)cc(C(=O)Cc2nccs2)c1. The molecule has 23 heavy (non-hydrogen) atoms. The van der Waals surface area contributed by atoms with Crippen LogP contribution in [0.2, 0.25) is 0 Å². The molecule has 2 heterocycles. The average molecular weight is 328 g/mol. The fourth-order valence-corrected chi connectivity index (χ4v) is 2.74. The Labute approximate surface area is 136 Å². The van der Waals surface area contributed by atoms with Crippen molar-refractivity contribution in [2.75, 3.05) is 11.9 Å². The topological polar surface area (TPSA) is 59.0 Å². The number of hydrogen-bond donors (Lipinski definition) is 0. The van der Waals surface area contributed by atoms with E-state index < -0.39 is 5.82 Å². The van der Waals surface area contributed by atoms with E-state index in [1.165, 1.54) is 29.8 Å². The van der Waals surface area contributed by atoms with Crippen LogP contribution in [-0.2, 0) is 6.42 Å². The van der Waals surface area contributed by atoms with Gasteiger partial charge < -0.3 is 4.90 Å². The van der Waals surface area contributed by atoms with Gasteiger partial charge in [-0.2, -0.15) is 0 Å². The van der Waals surface area contributed by atoms with Gasteiger partial charge in [0.1, 0.15) is 17.2 Å². The number of carbonyl (C=O) groups excluding carboxylic acids is 1. The molecule has 5 nitrogen and oxygen atoms in total. The Hall–Kier alpha value is -2.67. The van der Waals surface area contributed by atoms with Gasteiger partial charge in [0.25, 0.3) is 0 Å². The number of ketones is 1. The maximum Gasteiger partial charge on any atom is 0.169 e. The molecular weight excluding hydrogens is 315 g/mol. The first-order chi connectivity index (χ1) is 11.1. The van der Waals surface area contributed by atoms with Gasteiger partial charge in [0.2, 0.25) is 0 Å². The number of rotatable bonds is 5. The van der Waals surface area contributed by atoms with E-state index in [1.807, 2.05) is 5.38 Å². The second-order valence-corrected chi connectivity index (χ2v) is 5.86. The Kier molecular flexibility index (Phi) is 4.38. The van der Waals surface area contributed by atoms with Crippen LogP contribution in [-0.4, -0.2) is 27.8 Å². The van der Waals surface area contributed by atoms with Crippen molar-refractivity contribution in [2.45, 2.75) is 6.42 Å². The summed E-state index contributed by atoms with van der Waals surface area (Å²) in [6.45, 7) is 0. The van der Waals surface area contributed by atoms with E-state index in [-0.39, 0.29) is 12.2 Å². The second kappa shape index (κ2) is 6.62. The van der Waals surface area contributed by atoms with Crippen LogP contribution >= 0.6 is 11.3 Å². The number of halogens is 1. The van der Waals surface area contributed by atoms with Crippen molar-refractivity contribution in [3.05, 3.63) is 64.9 Å². The summed E-state index contributed by atoms with van der Waals surface area (Å²) in [6, 6.07) is 4.27. The largest absolute Gasteiger partial charge is 0.342 e. The van der Waals surface area contributed by atoms with Crippen LogP contribution in [0.1, 0.15) is 15.4 Å². The van der Waals surface area contributed by atoms with Crippen molar-refractivity contribution in [3.63, 3.8) is 0 Å². The third-order valence-corrected chi connectivity index (χ3v) is 4.10. The highest BCUT2D eigenvalue weighted by Gasteiger charge is 2.14. The van der Waals surface area contributed by atoms with E-state index in [4.69, 9.17) is 0 Å². The van der Waals surface area contributed by atoms with E-state index >= 15 is 0 Å². The van der Waals surface area contributed by atoms with Gasteiger partial charge in [-0.1, -0.05) is 0 Å². The summed E-state index contributed by atoms with van der Waals surface area (Å²) in [5.41, 5.74) is 1.58. The van der Waals surface area contributed by atoms with E-state index in [1.54, 1.807) is 36.6 Å². The molecule has 7 heteroatoms. The smallest absolute Gasteiger partial charge is 0.169 e. The third kappa shape index (κ3) is 3.57. The van der Waals surface area contributed by atoms with E-state index in [9.17, 15) is 9.18 Å². The first-order valence-corrected chi connectivity index (χ1v) is 7.72. The lowest BCUT2D eigenvalue weighted by molar-refractivity contribution is 0.0992. The van der Waals surface area contributed by atoms with Gasteiger partial charge in [0.15, 0.2) is 5.78 Å². The van der Waals surface area contributed by atoms with Crippen LogP contribution in [0.25, 0.3) is 0 Å². The molecule has 0 bridgehead atoms. The lowest BCUT2D eigenvalue weighted by Gasteiger charge is -2.19. The Bertz CT molecular complexity index is 808. The quantitative estimate of drug-likeness (QED) is 0.673. The molecule has 2 aromatic heterocycles. The zero-order valence-electron chi connectivity index (χ0n) is 12.3. The van der Waals surface area contributed by atoms with Crippen LogP contribution in [0, 0.1) is 5.82 Å². The predicted molar refractivity (Wildman–Crippen MR) is 86.6 cm³/mol. The Balaban J connectivity index is 1.88. The number of anilines is 2. The van der Waals surface area contributed by atoms with Crippen molar-refractivity contribution in [3.8, 4) is 0 Å². The van der Waals surface area contributed by atoms with Crippen molar-refractivity contribution in [1.82, 2.24) is 15.0 Å². The lowest BCUT2D eigenvalue weighted by Crippen LogP contribution is -2.12. The number of nitrogens with zero attached hydrogens (tertiary/aromatic N) is 4. The van der Waals surface area contributed by atoms with Crippen LogP contribution in [0.5, 0.6) is 0 Å². The van der Waals surface area contributed by atoms with Gasteiger partial charge in [-0.05, 0) is 18.2 Å². The summed E-state index contributed by atoms with van der Waals surface area (Å²) < 4.78 is 13.9. The number of aromatic nitrogens is 3. The standard InChI is InChI=1S/C16H13FN4OS/c1-21(14-8-18-10-19-9-14)13-5-11(4-12(17)6-13)15(22)7-16-20-2-3-23-16/h2-6,8-10H,7H2,1H3. The normalized spacial score (nSPS) is 10.5. The van der Waals surface area contributed by atoms with Gasteiger partial charge in [0, 0.05) is 29.9 Å². The minimum absolute atomic E-state index is 0.165. The highest BCUT2D eigenvalue weighted by molar-refractivity contribution is 7.09. The molecule has 0 aliphatic heterocycles. The van der Waals surface area contributed by atoms with E-state index in [0.29, 0.717) is 21.9 Å². The molecule has 3 aromatic rings. The predicted octanol–water partition coefficient (Wildman–Crippen LogP) is 3.27. The van der Waals surface area contributed by atoms with E-state index in [0.717, 1.165) is 0 Å². The molecule has 0 N–H and O–H groups in total. The summed E-state index contributed by atoms with van der Waals surface area (Å²) in [5.74, 6) is -0.632. The molecule has 0 amide bonds. The minimum Gasteiger partial charge on any atom is -0.342 e. The molecule has 0 fully saturated rings. The molecule has 0 saturated carbocycles. The zero-order valence-corrected chi connectivity index (χ0v) is 13.1. The third-order valence-electron chi connectivity index (χ3n) is 3.32. The number of thiazole rings is 1. The molecule has 0 unspecified atom stereocenters. The molecule has 0 aliphatic carbocycles. The van der Waals surface area contributed by atoms with Gasteiger partial charge >= 0.3 is 0 Å². The number of carbonyl (C=O) groups is 1. The van der Waals surface area contributed by atoms with Gasteiger partial charge in [-0.3, -0.25) is 4.79 Å². The number of benzene rings is 1. The fourth-order valence-electron chi connectivity index (χ4n) is 2.12. The zero-order chi connectivity index (χ0) is 16.2. The fraction of sp³-hybridized carbons (Fsp3) is 0.125. The van der Waals surface area contributed by atoms with Crippen LogP contribution < -0.4 is 4.90 Å². The number of Topliss-reactive ketones (excluding diaryl/α,β-unsaturated/α-hetero) is 1. The summed E-state index contributed by atoms with van der Waals surface area (Å²) in [6.07, 6.45) is 6.47. The van der Waals surface area contributed by atoms with Crippen molar-refractivity contribution in [1.29, 1.82) is 0 Å². The van der Waals surface area contributed by atoms with Gasteiger partial charge in [-0.25, -0.2) is 19.3 Å². The molecule has 0 spiro atoms. The summed E-state index contributed by atoms with van der Waals surface area (Å²) >= 11 is 1.40. The van der Waals surface area contributed by atoms with Crippen LogP contribution in [0.15, 0.2) is 48.5 Å². The Morgan fingerprint density at radius 1 is 1.22 bits per heavy atom. The Morgan fingerprint density at radius 3 is 2.70 bits per heavy atom. The van der Waals surface area contributed by atoms with Crippen molar-refractivity contribution < 1.29 is 9.18 Å². The van der Waals surface area contributed by atoms with E-state index in [2.05, 4.69) is 15.0 Å². The molecule has 116 valence electrons. The first kappa shape index (κ1) is 15.2. The monoisotopic (exact) mass is 328 g/mol. The van der Waals surface area contributed by atoms with Crippen LogP contribution in [0.4, 0.5) is 15.8 Å². The molecule has 1 aromatic carbocycles. The summed E-state index contributed by atoms with van der Waals surface area (Å²) in [7, 11) is 1.77. The summed E-state index contributed by atoms with van der Waals surface area (Å²) in [4.78, 5) is 26.0. The van der Waals surface area contributed by atoms with Gasteiger partial charge in [0.05, 0.1) is 24.5 Å². The molecule has 0 radical (unpaired) electrons. The number of hydrogen-bond acceptors (Lipinski definition) is 6. The highest BCUT2D eigenvalue weighted by Crippen LogP contribution is 2.25. The molecule has 0 saturated heterocycles. The molecule has 0 aliphatic rings. The molecule has 0 atom stereocenters. The molecule has 3 rings (SSSR count). The maximum absolute atomic E-state index is 13.9. The average Bonchev–Trinajstić information content (AvgIpc) is 3.07. The maximum atomic E-state index is 13.9. The molecular formula is C16H13FN4OS. The lowest BCUT2D eigenvalue weighted by atomic mass is 10.1.